The van der Waals surface area contributed by atoms with Gasteiger partial charge in [0.1, 0.15) is 12.1 Å². The number of hydrogen-bond acceptors (Lipinski definition) is 3. The first-order chi connectivity index (χ1) is 14.5. The second-order valence-corrected chi connectivity index (χ2v) is 7.42. The molecule has 4 nitrogen and oxygen atoms in total. The molecule has 152 valence electrons. The molecule has 0 radical (unpaired) electrons. The van der Waals surface area contributed by atoms with Crippen molar-refractivity contribution in [2.45, 2.75) is 19.0 Å². The topological polar surface area (TPSA) is 34.0 Å². The summed E-state index contributed by atoms with van der Waals surface area (Å²) >= 11 is 0. The van der Waals surface area contributed by atoms with E-state index in [9.17, 15) is 13.2 Å². The van der Waals surface area contributed by atoms with E-state index in [1.54, 1.807) is 10.6 Å². The van der Waals surface area contributed by atoms with Gasteiger partial charge in [0.2, 0.25) is 0 Å². The summed E-state index contributed by atoms with van der Waals surface area (Å²) < 4.78 is 41.6. The minimum atomic E-state index is -4.41. The fourth-order valence-corrected chi connectivity index (χ4v) is 4.08. The Morgan fingerprint density at radius 1 is 0.867 bits per heavy atom. The Labute approximate surface area is 171 Å². The second-order valence-electron chi connectivity index (χ2n) is 7.42. The van der Waals surface area contributed by atoms with E-state index in [1.165, 1.54) is 12.4 Å². The molecule has 1 fully saturated rings. The molecule has 5 rings (SSSR count). The third-order valence-corrected chi connectivity index (χ3v) is 5.51. The molecule has 0 atom stereocenters. The minimum absolute atomic E-state index is 0.420. The summed E-state index contributed by atoms with van der Waals surface area (Å²) in [5, 5.41) is 0.864. The molecule has 0 saturated carbocycles. The molecule has 30 heavy (non-hydrogen) atoms. The fraction of sp³-hybridized carbons (Fsp3) is 0.217. The van der Waals surface area contributed by atoms with Crippen molar-refractivity contribution < 1.29 is 13.2 Å². The second kappa shape index (κ2) is 7.16. The summed E-state index contributed by atoms with van der Waals surface area (Å²) in [5.74, 6) is 0.835. The molecule has 0 bridgehead atoms. The van der Waals surface area contributed by atoms with Crippen molar-refractivity contribution in [3.8, 4) is 16.8 Å². The maximum atomic E-state index is 13.3. The average molecular weight is 408 g/mol. The van der Waals surface area contributed by atoms with Crippen molar-refractivity contribution in [2.24, 2.45) is 0 Å². The number of benzene rings is 2. The van der Waals surface area contributed by atoms with Gasteiger partial charge in [0.25, 0.3) is 0 Å². The lowest BCUT2D eigenvalue weighted by molar-refractivity contribution is -0.137. The molecule has 0 spiro atoms. The van der Waals surface area contributed by atoms with Gasteiger partial charge in [-0.25, -0.2) is 9.97 Å². The normalized spacial score (nSPS) is 14.6. The summed E-state index contributed by atoms with van der Waals surface area (Å²) in [5.41, 5.74) is 2.22. The Kier molecular flexibility index (Phi) is 4.46. The summed E-state index contributed by atoms with van der Waals surface area (Å²) in [7, 11) is 0. The van der Waals surface area contributed by atoms with Crippen LogP contribution in [-0.4, -0.2) is 27.6 Å². The van der Waals surface area contributed by atoms with Gasteiger partial charge in [0.15, 0.2) is 5.65 Å². The predicted octanol–water partition coefficient (Wildman–Crippen LogP) is 5.71. The molecule has 2 aromatic heterocycles. The lowest BCUT2D eigenvalue weighted by atomic mass is 10.1. The lowest BCUT2D eigenvalue weighted by Crippen LogP contribution is -2.19. The zero-order chi connectivity index (χ0) is 20.7. The van der Waals surface area contributed by atoms with Crippen LogP contribution in [0.5, 0.6) is 0 Å². The quantitative estimate of drug-likeness (QED) is 0.436. The first kappa shape index (κ1) is 18.7. The van der Waals surface area contributed by atoms with Gasteiger partial charge in [-0.1, -0.05) is 36.4 Å². The zero-order valence-electron chi connectivity index (χ0n) is 16.1. The largest absolute Gasteiger partial charge is 0.416 e. The van der Waals surface area contributed by atoms with Crippen LogP contribution in [-0.2, 0) is 6.18 Å². The van der Waals surface area contributed by atoms with E-state index >= 15 is 0 Å². The van der Waals surface area contributed by atoms with Crippen molar-refractivity contribution in [1.29, 1.82) is 0 Å². The van der Waals surface area contributed by atoms with Gasteiger partial charge in [0, 0.05) is 30.5 Å². The smallest absolute Gasteiger partial charge is 0.356 e. The molecule has 0 amide bonds. The van der Waals surface area contributed by atoms with E-state index in [1.807, 2.05) is 36.5 Å². The van der Waals surface area contributed by atoms with Crippen molar-refractivity contribution in [3.63, 3.8) is 0 Å². The van der Waals surface area contributed by atoms with Crippen LogP contribution in [0.3, 0.4) is 0 Å². The van der Waals surface area contributed by atoms with Crippen molar-refractivity contribution in [3.05, 3.63) is 72.7 Å². The first-order valence-corrected chi connectivity index (χ1v) is 9.86. The van der Waals surface area contributed by atoms with Gasteiger partial charge in [-0.15, -0.1) is 0 Å². The van der Waals surface area contributed by atoms with E-state index in [0.717, 1.165) is 60.4 Å². The van der Waals surface area contributed by atoms with Crippen LogP contribution in [0.1, 0.15) is 18.4 Å². The van der Waals surface area contributed by atoms with Gasteiger partial charge >= 0.3 is 6.18 Å². The van der Waals surface area contributed by atoms with Crippen molar-refractivity contribution in [1.82, 2.24) is 14.5 Å². The van der Waals surface area contributed by atoms with Crippen LogP contribution in [0.25, 0.3) is 27.8 Å². The molecule has 1 aliphatic heterocycles. The Balaban J connectivity index is 1.77. The van der Waals surface area contributed by atoms with Gasteiger partial charge in [-0.2, -0.15) is 13.2 Å². The Morgan fingerprint density at radius 2 is 1.63 bits per heavy atom. The van der Waals surface area contributed by atoms with Crippen LogP contribution in [0.2, 0.25) is 0 Å². The van der Waals surface area contributed by atoms with Crippen LogP contribution >= 0.6 is 0 Å². The number of alkyl halides is 3. The SMILES string of the molecule is FC(F)(F)c1cccc(-n2cc(-c3ccccc3)c3c(N4CCCC4)ncnc32)c1. The van der Waals surface area contributed by atoms with Gasteiger partial charge in [-0.05, 0) is 36.6 Å². The lowest BCUT2D eigenvalue weighted by Gasteiger charge is -2.18. The van der Waals surface area contributed by atoms with Gasteiger partial charge in [0.05, 0.1) is 10.9 Å². The van der Waals surface area contributed by atoms with E-state index in [4.69, 9.17) is 0 Å². The molecular formula is C23H19F3N4. The summed E-state index contributed by atoms with van der Waals surface area (Å²) in [6.45, 7) is 1.82. The molecule has 0 N–H and O–H groups in total. The van der Waals surface area contributed by atoms with Gasteiger partial charge < -0.3 is 9.47 Å². The van der Waals surface area contributed by atoms with E-state index in [-0.39, 0.29) is 0 Å². The van der Waals surface area contributed by atoms with Crippen molar-refractivity contribution >= 4 is 16.9 Å². The standard InChI is InChI=1S/C23H19F3N4/c24-23(25,26)17-9-6-10-18(13-17)30-14-19(16-7-2-1-3-8-16)20-21(27-15-28-22(20)30)29-11-4-5-12-29/h1-3,6-10,13-15H,4-5,11-12H2. The number of hydrogen-bond donors (Lipinski definition) is 0. The summed E-state index contributed by atoms with van der Waals surface area (Å²) in [6, 6.07) is 15.1. The molecule has 3 heterocycles. The van der Waals surface area contributed by atoms with Crippen molar-refractivity contribution in [2.75, 3.05) is 18.0 Å². The molecule has 1 saturated heterocycles. The number of nitrogens with zero attached hydrogens (tertiary/aromatic N) is 4. The third-order valence-electron chi connectivity index (χ3n) is 5.51. The summed E-state index contributed by atoms with van der Waals surface area (Å²) in [4.78, 5) is 11.3. The van der Waals surface area contributed by atoms with E-state index in [2.05, 4.69) is 14.9 Å². The average Bonchev–Trinajstić information content (AvgIpc) is 3.42. The number of rotatable bonds is 3. The highest BCUT2D eigenvalue weighted by Crippen LogP contribution is 2.38. The number of aromatic nitrogens is 3. The molecule has 1 aliphatic rings. The van der Waals surface area contributed by atoms with E-state index in [0.29, 0.717) is 11.3 Å². The first-order valence-electron chi connectivity index (χ1n) is 9.86. The molecular weight excluding hydrogens is 389 g/mol. The maximum absolute atomic E-state index is 13.3. The van der Waals surface area contributed by atoms with E-state index < -0.39 is 11.7 Å². The van der Waals surface area contributed by atoms with Crippen LogP contribution in [0.15, 0.2) is 67.1 Å². The fourth-order valence-electron chi connectivity index (χ4n) is 4.08. The number of anilines is 1. The zero-order valence-corrected chi connectivity index (χ0v) is 16.1. The minimum Gasteiger partial charge on any atom is -0.356 e. The Bertz CT molecular complexity index is 1190. The molecule has 2 aromatic carbocycles. The number of fused-ring (bicyclic) bond motifs is 1. The molecule has 0 unspecified atom stereocenters. The monoisotopic (exact) mass is 408 g/mol. The third kappa shape index (κ3) is 3.20. The molecule has 0 aliphatic carbocycles. The number of halogens is 3. The Morgan fingerprint density at radius 3 is 2.37 bits per heavy atom. The van der Waals surface area contributed by atoms with Crippen LogP contribution in [0, 0.1) is 0 Å². The van der Waals surface area contributed by atoms with Gasteiger partial charge in [-0.3, -0.25) is 0 Å². The highest BCUT2D eigenvalue weighted by Gasteiger charge is 2.31. The summed E-state index contributed by atoms with van der Waals surface area (Å²) in [6.07, 6.45) is 1.15. The maximum Gasteiger partial charge on any atom is 0.416 e. The predicted molar refractivity (Wildman–Crippen MR) is 111 cm³/mol. The van der Waals surface area contributed by atoms with Crippen LogP contribution < -0.4 is 4.90 Å². The Hall–Kier alpha value is -3.35. The highest BCUT2D eigenvalue weighted by atomic mass is 19.4. The molecule has 4 aromatic rings. The van der Waals surface area contributed by atoms with Crippen LogP contribution in [0.4, 0.5) is 19.0 Å². The highest BCUT2D eigenvalue weighted by molar-refractivity contribution is 6.02. The molecule has 7 heteroatoms.